The van der Waals surface area contributed by atoms with E-state index in [1.165, 1.54) is 12.0 Å². The predicted molar refractivity (Wildman–Crippen MR) is 105 cm³/mol. The van der Waals surface area contributed by atoms with Gasteiger partial charge >= 0.3 is 0 Å². The van der Waals surface area contributed by atoms with Crippen LogP contribution in [0.4, 0.5) is 0 Å². The number of nitrogens with one attached hydrogen (secondary N) is 2. The summed E-state index contributed by atoms with van der Waals surface area (Å²) in [5.41, 5.74) is 2.03. The van der Waals surface area contributed by atoms with Gasteiger partial charge in [0.2, 0.25) is 0 Å². The first-order chi connectivity index (χ1) is 12.4. The van der Waals surface area contributed by atoms with Gasteiger partial charge in [-0.05, 0) is 37.8 Å². The van der Waals surface area contributed by atoms with Gasteiger partial charge in [0.25, 0.3) is 11.5 Å². The van der Waals surface area contributed by atoms with Crippen LogP contribution in [0.5, 0.6) is 0 Å². The van der Waals surface area contributed by atoms with Crippen molar-refractivity contribution < 1.29 is 4.79 Å². The fourth-order valence-corrected chi connectivity index (χ4v) is 4.19. The van der Waals surface area contributed by atoms with Crippen molar-refractivity contribution in [2.45, 2.75) is 51.4 Å². The Morgan fingerprint density at radius 1 is 1.15 bits per heavy atom. The summed E-state index contributed by atoms with van der Waals surface area (Å²) in [7, 11) is 0. The minimum absolute atomic E-state index is 0.0652. The van der Waals surface area contributed by atoms with E-state index in [0.29, 0.717) is 22.8 Å². The molecule has 2 aromatic rings. The van der Waals surface area contributed by atoms with E-state index in [-0.39, 0.29) is 22.4 Å². The normalized spacial score (nSPS) is 16.3. The average Bonchev–Trinajstić information content (AvgIpc) is 2.66. The van der Waals surface area contributed by atoms with Gasteiger partial charge in [-0.15, -0.1) is 0 Å². The Bertz CT molecular complexity index is 852. The fraction of sp³-hybridized carbons (Fsp3) is 0.429. The van der Waals surface area contributed by atoms with Crippen molar-refractivity contribution in [1.82, 2.24) is 10.3 Å². The lowest BCUT2D eigenvalue weighted by molar-refractivity contribution is 0.0934. The molecule has 1 aromatic heterocycles. The van der Waals surface area contributed by atoms with Gasteiger partial charge in [0.05, 0.1) is 5.02 Å². The van der Waals surface area contributed by atoms with Gasteiger partial charge in [-0.1, -0.05) is 61.2 Å². The Labute approximate surface area is 159 Å². The zero-order valence-electron chi connectivity index (χ0n) is 15.3. The van der Waals surface area contributed by atoms with Gasteiger partial charge in [-0.2, -0.15) is 0 Å². The topological polar surface area (TPSA) is 62.0 Å². The van der Waals surface area contributed by atoms with Crippen LogP contribution < -0.4 is 10.9 Å². The Hall–Kier alpha value is -2.07. The number of pyridine rings is 1. The molecular formula is C21H25ClN2O2. The van der Waals surface area contributed by atoms with Gasteiger partial charge in [-0.3, -0.25) is 9.59 Å². The van der Waals surface area contributed by atoms with Crippen molar-refractivity contribution in [3.63, 3.8) is 0 Å². The van der Waals surface area contributed by atoms with Gasteiger partial charge < -0.3 is 10.3 Å². The first kappa shape index (κ1) is 18.7. The molecular weight excluding hydrogens is 348 g/mol. The van der Waals surface area contributed by atoms with Crippen LogP contribution in [0.2, 0.25) is 5.02 Å². The second-order valence-electron chi connectivity index (χ2n) is 7.28. The SMILES string of the molecule is Cc1[nH]c(=O)c(C(=O)NCC2(c3ccccc3)CCCCC2)c(C)c1Cl. The lowest BCUT2D eigenvalue weighted by Gasteiger charge is -2.38. The summed E-state index contributed by atoms with van der Waals surface area (Å²) in [6.07, 6.45) is 5.62. The molecule has 0 spiro atoms. The van der Waals surface area contributed by atoms with E-state index in [9.17, 15) is 9.59 Å². The zero-order chi connectivity index (χ0) is 18.7. The van der Waals surface area contributed by atoms with E-state index in [2.05, 4.69) is 22.4 Å². The number of aryl methyl sites for hydroxylation is 1. The molecule has 1 aliphatic rings. The molecule has 138 valence electrons. The molecule has 1 amide bonds. The quantitative estimate of drug-likeness (QED) is 0.841. The molecule has 1 heterocycles. The van der Waals surface area contributed by atoms with Crippen LogP contribution in [0.3, 0.4) is 0 Å². The number of amides is 1. The molecule has 3 rings (SSSR count). The standard InChI is InChI=1S/C21H25ClN2O2/c1-14-17(20(26)24-15(2)18(14)22)19(25)23-13-21(11-7-4-8-12-21)16-9-5-3-6-10-16/h3,5-6,9-10H,4,7-8,11-13H2,1-2H3,(H,23,25)(H,24,26). The van der Waals surface area contributed by atoms with E-state index in [1.807, 2.05) is 18.2 Å². The lowest BCUT2D eigenvalue weighted by atomic mass is 9.69. The van der Waals surface area contributed by atoms with Crippen LogP contribution in [0, 0.1) is 13.8 Å². The summed E-state index contributed by atoms with van der Waals surface area (Å²) in [6.45, 7) is 3.97. The highest BCUT2D eigenvalue weighted by Gasteiger charge is 2.34. The molecule has 1 aliphatic carbocycles. The molecule has 0 bridgehead atoms. The Kier molecular flexibility index (Phi) is 5.52. The third-order valence-electron chi connectivity index (χ3n) is 5.57. The highest BCUT2D eigenvalue weighted by atomic mass is 35.5. The van der Waals surface area contributed by atoms with E-state index in [1.54, 1.807) is 13.8 Å². The summed E-state index contributed by atoms with van der Waals surface area (Å²) < 4.78 is 0. The maximum absolute atomic E-state index is 12.8. The van der Waals surface area contributed by atoms with E-state index < -0.39 is 0 Å². The fourth-order valence-electron chi connectivity index (χ4n) is 4.05. The van der Waals surface area contributed by atoms with Crippen molar-refractivity contribution in [1.29, 1.82) is 0 Å². The zero-order valence-corrected chi connectivity index (χ0v) is 16.1. The van der Waals surface area contributed by atoms with Crippen molar-refractivity contribution in [3.05, 3.63) is 68.1 Å². The minimum atomic E-state index is -0.390. The number of halogens is 1. The summed E-state index contributed by atoms with van der Waals surface area (Å²) >= 11 is 6.22. The number of aromatic amines is 1. The van der Waals surface area contributed by atoms with Crippen LogP contribution >= 0.6 is 11.6 Å². The molecule has 0 radical (unpaired) electrons. The summed E-state index contributed by atoms with van der Waals surface area (Å²) in [5.74, 6) is -0.355. The maximum atomic E-state index is 12.8. The third-order valence-corrected chi connectivity index (χ3v) is 6.14. The molecule has 1 fully saturated rings. The van der Waals surface area contributed by atoms with E-state index in [4.69, 9.17) is 11.6 Å². The molecule has 0 unspecified atom stereocenters. The van der Waals surface area contributed by atoms with Crippen molar-refractivity contribution in [2.75, 3.05) is 6.54 Å². The van der Waals surface area contributed by atoms with Crippen LogP contribution in [-0.2, 0) is 5.41 Å². The van der Waals surface area contributed by atoms with Crippen molar-refractivity contribution in [2.24, 2.45) is 0 Å². The van der Waals surface area contributed by atoms with Gasteiger partial charge in [0, 0.05) is 17.7 Å². The molecule has 26 heavy (non-hydrogen) atoms. The van der Waals surface area contributed by atoms with E-state index in [0.717, 1.165) is 25.7 Å². The predicted octanol–water partition coefficient (Wildman–Crippen LogP) is 4.28. The molecule has 0 atom stereocenters. The Morgan fingerprint density at radius 3 is 2.46 bits per heavy atom. The maximum Gasteiger partial charge on any atom is 0.261 e. The van der Waals surface area contributed by atoms with E-state index >= 15 is 0 Å². The van der Waals surface area contributed by atoms with Crippen LogP contribution in [0.1, 0.15) is 59.3 Å². The third kappa shape index (κ3) is 3.56. The molecule has 5 heteroatoms. The van der Waals surface area contributed by atoms with Crippen LogP contribution in [0.25, 0.3) is 0 Å². The van der Waals surface area contributed by atoms with Crippen LogP contribution in [0.15, 0.2) is 35.1 Å². The second-order valence-corrected chi connectivity index (χ2v) is 7.66. The first-order valence-corrected chi connectivity index (χ1v) is 9.55. The number of aromatic nitrogens is 1. The molecule has 1 aromatic carbocycles. The highest BCUT2D eigenvalue weighted by Crippen LogP contribution is 2.39. The molecule has 4 nitrogen and oxygen atoms in total. The number of H-pyrrole nitrogens is 1. The second kappa shape index (κ2) is 7.67. The first-order valence-electron chi connectivity index (χ1n) is 9.17. The molecule has 0 aliphatic heterocycles. The van der Waals surface area contributed by atoms with Gasteiger partial charge in [0.15, 0.2) is 0 Å². The number of carbonyl (C=O) groups is 1. The molecule has 2 N–H and O–H groups in total. The lowest BCUT2D eigenvalue weighted by Crippen LogP contribution is -2.43. The average molecular weight is 373 g/mol. The van der Waals surface area contributed by atoms with Crippen LogP contribution in [-0.4, -0.2) is 17.4 Å². The summed E-state index contributed by atoms with van der Waals surface area (Å²) in [5, 5.41) is 3.45. The summed E-state index contributed by atoms with van der Waals surface area (Å²) in [6, 6.07) is 10.4. The Balaban J connectivity index is 1.86. The Morgan fingerprint density at radius 2 is 1.81 bits per heavy atom. The van der Waals surface area contributed by atoms with Crippen molar-refractivity contribution in [3.8, 4) is 0 Å². The highest BCUT2D eigenvalue weighted by molar-refractivity contribution is 6.32. The number of hydrogen-bond acceptors (Lipinski definition) is 2. The number of hydrogen-bond donors (Lipinski definition) is 2. The van der Waals surface area contributed by atoms with Gasteiger partial charge in [-0.25, -0.2) is 0 Å². The van der Waals surface area contributed by atoms with Crippen molar-refractivity contribution >= 4 is 17.5 Å². The monoisotopic (exact) mass is 372 g/mol. The number of benzene rings is 1. The minimum Gasteiger partial charge on any atom is -0.351 e. The smallest absolute Gasteiger partial charge is 0.261 e. The number of carbonyl (C=O) groups excluding carboxylic acids is 1. The number of rotatable bonds is 4. The summed E-state index contributed by atoms with van der Waals surface area (Å²) in [4.78, 5) is 27.7. The largest absolute Gasteiger partial charge is 0.351 e. The molecule has 1 saturated carbocycles. The van der Waals surface area contributed by atoms with Gasteiger partial charge in [0.1, 0.15) is 5.56 Å². The molecule has 0 saturated heterocycles.